The molecule has 2 amide bonds. The summed E-state index contributed by atoms with van der Waals surface area (Å²) < 4.78 is 24.3. The van der Waals surface area contributed by atoms with Crippen molar-refractivity contribution >= 4 is 12.0 Å². The average Bonchev–Trinajstić information content (AvgIpc) is 2.22. The Bertz CT molecular complexity index is 274. The first kappa shape index (κ1) is 15.6. The van der Waals surface area contributed by atoms with Crippen molar-refractivity contribution in [3.8, 4) is 0 Å². The first-order valence-electron chi connectivity index (χ1n) is 5.31. The lowest BCUT2D eigenvalue weighted by atomic mass is 10.2. The van der Waals surface area contributed by atoms with Crippen molar-refractivity contribution in [2.45, 2.75) is 32.7 Å². The van der Waals surface area contributed by atoms with Gasteiger partial charge in [-0.1, -0.05) is 6.92 Å². The van der Waals surface area contributed by atoms with Gasteiger partial charge < -0.3 is 14.9 Å². The van der Waals surface area contributed by atoms with E-state index in [1.54, 1.807) is 13.8 Å². The molecule has 1 unspecified atom stereocenters. The Balaban J connectivity index is 4.67. The van der Waals surface area contributed by atoms with Crippen LogP contribution in [0.2, 0.25) is 0 Å². The normalized spacial score (nSPS) is 12.4. The summed E-state index contributed by atoms with van der Waals surface area (Å²) in [6, 6.07) is -0.999. The van der Waals surface area contributed by atoms with E-state index in [0.717, 1.165) is 9.80 Å². The van der Waals surface area contributed by atoms with Crippen LogP contribution in [0.1, 0.15) is 20.3 Å². The van der Waals surface area contributed by atoms with Crippen LogP contribution >= 0.6 is 0 Å². The molecule has 0 bridgehead atoms. The molecule has 0 rings (SSSR count). The number of amides is 2. The van der Waals surface area contributed by atoms with Crippen LogP contribution in [-0.4, -0.2) is 59.5 Å². The Hall–Kier alpha value is -1.40. The summed E-state index contributed by atoms with van der Waals surface area (Å²) in [6.07, 6.45) is -2.07. The largest absolute Gasteiger partial charge is 0.480 e. The molecule has 1 N–H and O–H groups in total. The van der Waals surface area contributed by atoms with Gasteiger partial charge in [0.1, 0.15) is 6.54 Å². The molecule has 0 heterocycles. The highest BCUT2D eigenvalue weighted by molar-refractivity contribution is 5.80. The zero-order valence-corrected chi connectivity index (χ0v) is 10.2. The maximum absolute atomic E-state index is 12.1. The molecule has 0 saturated carbocycles. The number of carboxylic acids is 1. The summed E-state index contributed by atoms with van der Waals surface area (Å²) >= 11 is 0. The number of aliphatic carboxylic acids is 1. The number of rotatable bonds is 6. The lowest BCUT2D eigenvalue weighted by molar-refractivity contribution is -0.138. The monoisotopic (exact) mass is 252 g/mol. The fourth-order valence-corrected chi connectivity index (χ4v) is 1.28. The molecule has 1 atom stereocenters. The SMILES string of the molecule is CCC(C)N(CC(=O)O)C(=O)N(C)CC(F)F. The molecule has 0 aromatic rings. The van der Waals surface area contributed by atoms with Crippen molar-refractivity contribution in [1.29, 1.82) is 0 Å². The number of carbonyl (C=O) groups excluding carboxylic acids is 1. The number of nitrogens with zero attached hydrogens (tertiary/aromatic N) is 2. The average molecular weight is 252 g/mol. The second kappa shape index (κ2) is 7.03. The molecule has 17 heavy (non-hydrogen) atoms. The number of hydrogen-bond acceptors (Lipinski definition) is 2. The molecule has 0 aliphatic rings. The molecule has 0 aliphatic heterocycles. The first-order valence-corrected chi connectivity index (χ1v) is 5.31. The Labute approximate surface area is 99.0 Å². The molecule has 0 radical (unpaired) electrons. The molecular weight excluding hydrogens is 234 g/mol. The maximum atomic E-state index is 12.1. The van der Waals surface area contributed by atoms with Gasteiger partial charge in [-0.25, -0.2) is 13.6 Å². The van der Waals surface area contributed by atoms with Gasteiger partial charge in [0.05, 0.1) is 6.54 Å². The van der Waals surface area contributed by atoms with E-state index in [2.05, 4.69) is 0 Å². The van der Waals surface area contributed by atoms with E-state index in [4.69, 9.17) is 5.11 Å². The van der Waals surface area contributed by atoms with Gasteiger partial charge in [-0.05, 0) is 13.3 Å². The Morgan fingerprint density at radius 3 is 2.24 bits per heavy atom. The molecule has 100 valence electrons. The summed E-state index contributed by atoms with van der Waals surface area (Å²) in [5.74, 6) is -1.16. The van der Waals surface area contributed by atoms with Crippen molar-refractivity contribution in [1.82, 2.24) is 9.80 Å². The molecular formula is C10H18F2N2O3. The van der Waals surface area contributed by atoms with Crippen molar-refractivity contribution in [3.05, 3.63) is 0 Å². The van der Waals surface area contributed by atoms with Crippen LogP contribution in [0, 0.1) is 0 Å². The summed E-state index contributed by atoms with van der Waals surface area (Å²) in [5.41, 5.74) is 0. The molecule has 0 aromatic heterocycles. The second-order valence-corrected chi connectivity index (χ2v) is 3.83. The third-order valence-corrected chi connectivity index (χ3v) is 2.41. The summed E-state index contributed by atoms with van der Waals surface area (Å²) in [7, 11) is 1.23. The second-order valence-electron chi connectivity index (χ2n) is 3.83. The minimum Gasteiger partial charge on any atom is -0.480 e. The number of halogens is 2. The highest BCUT2D eigenvalue weighted by Gasteiger charge is 2.25. The third kappa shape index (κ3) is 5.46. The fraction of sp³-hybridized carbons (Fsp3) is 0.800. The van der Waals surface area contributed by atoms with E-state index in [1.807, 2.05) is 0 Å². The topological polar surface area (TPSA) is 60.9 Å². The van der Waals surface area contributed by atoms with Crippen molar-refractivity contribution in [3.63, 3.8) is 0 Å². The standard InChI is InChI=1S/C10H18F2N2O3/c1-4-7(2)14(6-9(15)16)10(17)13(3)5-8(11)12/h7-8H,4-6H2,1-3H3,(H,15,16). The van der Waals surface area contributed by atoms with Crippen LogP contribution in [0.3, 0.4) is 0 Å². The molecule has 5 nitrogen and oxygen atoms in total. The number of carbonyl (C=O) groups is 2. The van der Waals surface area contributed by atoms with Crippen LogP contribution in [0.5, 0.6) is 0 Å². The molecule has 0 aromatic carbocycles. The summed E-state index contributed by atoms with van der Waals surface area (Å²) in [6.45, 7) is 2.28. The number of hydrogen-bond donors (Lipinski definition) is 1. The van der Waals surface area contributed by atoms with Gasteiger partial charge in [0, 0.05) is 13.1 Å². The van der Waals surface area contributed by atoms with E-state index in [1.165, 1.54) is 7.05 Å². The van der Waals surface area contributed by atoms with Crippen LogP contribution < -0.4 is 0 Å². The summed E-state index contributed by atoms with van der Waals surface area (Å²) in [4.78, 5) is 24.3. The number of urea groups is 1. The van der Waals surface area contributed by atoms with Crippen LogP contribution in [-0.2, 0) is 4.79 Å². The maximum Gasteiger partial charge on any atom is 0.323 e. The molecule has 0 fully saturated rings. The van der Waals surface area contributed by atoms with Gasteiger partial charge in [-0.3, -0.25) is 4.79 Å². The minimum atomic E-state index is -2.63. The van der Waals surface area contributed by atoms with Crippen LogP contribution in [0.15, 0.2) is 0 Å². The first-order chi connectivity index (χ1) is 7.79. The van der Waals surface area contributed by atoms with E-state index in [9.17, 15) is 18.4 Å². The molecule has 0 saturated heterocycles. The number of carboxylic acid groups (broad SMARTS) is 1. The van der Waals surface area contributed by atoms with Gasteiger partial charge >= 0.3 is 12.0 Å². The third-order valence-electron chi connectivity index (χ3n) is 2.41. The molecule has 0 spiro atoms. The lowest BCUT2D eigenvalue weighted by Gasteiger charge is -2.31. The predicted octanol–water partition coefficient (Wildman–Crippen LogP) is 1.49. The summed E-state index contributed by atoms with van der Waals surface area (Å²) in [5, 5.41) is 8.68. The zero-order valence-electron chi connectivity index (χ0n) is 10.2. The Morgan fingerprint density at radius 1 is 1.35 bits per heavy atom. The van der Waals surface area contributed by atoms with Crippen molar-refractivity contribution in [2.75, 3.05) is 20.1 Å². The highest BCUT2D eigenvalue weighted by atomic mass is 19.3. The van der Waals surface area contributed by atoms with Crippen molar-refractivity contribution in [2.24, 2.45) is 0 Å². The van der Waals surface area contributed by atoms with E-state index < -0.39 is 31.5 Å². The lowest BCUT2D eigenvalue weighted by Crippen LogP contribution is -2.49. The molecule has 7 heteroatoms. The number of alkyl halides is 2. The Kier molecular flexibility index (Phi) is 6.45. The van der Waals surface area contributed by atoms with E-state index in [-0.39, 0.29) is 6.04 Å². The minimum absolute atomic E-state index is 0.307. The Morgan fingerprint density at radius 2 is 1.88 bits per heavy atom. The zero-order chi connectivity index (χ0) is 13.6. The van der Waals surface area contributed by atoms with Gasteiger partial charge in [0.25, 0.3) is 6.43 Å². The van der Waals surface area contributed by atoms with Gasteiger partial charge in [-0.15, -0.1) is 0 Å². The molecule has 0 aliphatic carbocycles. The van der Waals surface area contributed by atoms with Crippen molar-refractivity contribution < 1.29 is 23.5 Å². The van der Waals surface area contributed by atoms with E-state index >= 15 is 0 Å². The predicted molar refractivity (Wildman–Crippen MR) is 58.1 cm³/mol. The quantitative estimate of drug-likeness (QED) is 0.779. The van der Waals surface area contributed by atoms with Gasteiger partial charge in [0.15, 0.2) is 0 Å². The fourth-order valence-electron chi connectivity index (χ4n) is 1.28. The van der Waals surface area contributed by atoms with E-state index in [0.29, 0.717) is 6.42 Å². The van der Waals surface area contributed by atoms with Gasteiger partial charge in [-0.2, -0.15) is 0 Å². The van der Waals surface area contributed by atoms with Crippen LogP contribution in [0.4, 0.5) is 13.6 Å². The highest BCUT2D eigenvalue weighted by Crippen LogP contribution is 2.08. The van der Waals surface area contributed by atoms with Gasteiger partial charge in [0.2, 0.25) is 0 Å². The van der Waals surface area contributed by atoms with Crippen LogP contribution in [0.25, 0.3) is 0 Å². The smallest absolute Gasteiger partial charge is 0.323 e.